The van der Waals surface area contributed by atoms with E-state index < -0.39 is 5.97 Å². The number of rotatable bonds is 5. The lowest BCUT2D eigenvalue weighted by molar-refractivity contribution is 0.0695. The predicted octanol–water partition coefficient (Wildman–Crippen LogP) is 3.89. The first-order valence-electron chi connectivity index (χ1n) is 12.0. The molecule has 3 aromatic carbocycles. The Hall–Kier alpha value is -4.43. The smallest absolute Gasteiger partial charge is 0.338 e. The summed E-state index contributed by atoms with van der Waals surface area (Å²) in [6, 6.07) is 22.5. The highest BCUT2D eigenvalue weighted by Gasteiger charge is 2.26. The fraction of sp³-hybridized carbons (Fsp3) is 0.179. The molecule has 0 saturated carbocycles. The first-order valence-corrected chi connectivity index (χ1v) is 12.0. The van der Waals surface area contributed by atoms with Gasteiger partial charge in [-0.05, 0) is 36.4 Å². The van der Waals surface area contributed by atoms with Gasteiger partial charge in [0.05, 0.1) is 23.0 Å². The fourth-order valence-corrected chi connectivity index (χ4v) is 5.14. The topological polar surface area (TPSA) is 94.5 Å². The summed E-state index contributed by atoms with van der Waals surface area (Å²) >= 11 is 0. The van der Waals surface area contributed by atoms with E-state index in [1.807, 2.05) is 42.6 Å². The Kier molecular flexibility index (Phi) is 5.50. The van der Waals surface area contributed by atoms with Crippen molar-refractivity contribution in [3.8, 4) is 5.69 Å². The monoisotopic (exact) mass is 479 g/mol. The second kappa shape index (κ2) is 8.98. The van der Waals surface area contributed by atoms with Gasteiger partial charge in [-0.2, -0.15) is 5.10 Å². The molecule has 8 heteroatoms. The average molecular weight is 480 g/mol. The van der Waals surface area contributed by atoms with Crippen LogP contribution in [-0.2, 0) is 6.54 Å². The molecule has 1 saturated heterocycles. The van der Waals surface area contributed by atoms with Gasteiger partial charge in [0.2, 0.25) is 0 Å². The van der Waals surface area contributed by atoms with Gasteiger partial charge in [-0.1, -0.05) is 36.4 Å². The first kappa shape index (κ1) is 22.1. The SMILES string of the molecule is O=C(O)c1c(CN2CCN(c3ccc4[nH]ncc4c3)CC2)n(-c2ccccc2)c(=O)c2ccccc12. The first-order chi connectivity index (χ1) is 17.6. The van der Waals surface area contributed by atoms with Crippen molar-refractivity contribution in [2.45, 2.75) is 6.54 Å². The van der Waals surface area contributed by atoms with Crippen molar-refractivity contribution in [1.29, 1.82) is 0 Å². The number of carbonyl (C=O) groups is 1. The maximum Gasteiger partial charge on any atom is 0.338 e. The van der Waals surface area contributed by atoms with Gasteiger partial charge >= 0.3 is 5.97 Å². The number of carboxylic acid groups (broad SMARTS) is 1. The molecular formula is C28H25N5O3. The quantitative estimate of drug-likeness (QED) is 0.397. The molecule has 36 heavy (non-hydrogen) atoms. The second-order valence-corrected chi connectivity index (χ2v) is 9.05. The lowest BCUT2D eigenvalue weighted by Crippen LogP contribution is -2.46. The van der Waals surface area contributed by atoms with E-state index in [2.05, 4.69) is 32.1 Å². The van der Waals surface area contributed by atoms with Crippen LogP contribution in [0.5, 0.6) is 0 Å². The Morgan fingerprint density at radius 3 is 2.36 bits per heavy atom. The van der Waals surface area contributed by atoms with Gasteiger partial charge in [-0.3, -0.25) is 19.4 Å². The summed E-state index contributed by atoms with van der Waals surface area (Å²) in [5.41, 5.74) is 3.30. The van der Waals surface area contributed by atoms with E-state index in [0.717, 1.165) is 42.8 Å². The Morgan fingerprint density at radius 1 is 0.889 bits per heavy atom. The molecule has 3 heterocycles. The van der Waals surface area contributed by atoms with E-state index >= 15 is 0 Å². The zero-order valence-corrected chi connectivity index (χ0v) is 19.6. The largest absolute Gasteiger partial charge is 0.478 e. The van der Waals surface area contributed by atoms with Crippen LogP contribution in [0.4, 0.5) is 5.69 Å². The highest BCUT2D eigenvalue weighted by atomic mass is 16.4. The van der Waals surface area contributed by atoms with Crippen molar-refractivity contribution in [1.82, 2.24) is 19.7 Å². The van der Waals surface area contributed by atoms with Crippen LogP contribution in [0, 0.1) is 0 Å². The lowest BCUT2D eigenvalue weighted by atomic mass is 10.0. The van der Waals surface area contributed by atoms with Crippen molar-refractivity contribution < 1.29 is 9.90 Å². The molecule has 0 aliphatic carbocycles. The average Bonchev–Trinajstić information content (AvgIpc) is 3.38. The third-order valence-corrected chi connectivity index (χ3v) is 6.95. The number of nitrogens with one attached hydrogen (secondary N) is 1. The summed E-state index contributed by atoms with van der Waals surface area (Å²) in [5, 5.41) is 19.3. The van der Waals surface area contributed by atoms with Gasteiger partial charge in [0.25, 0.3) is 5.56 Å². The molecule has 0 amide bonds. The molecule has 180 valence electrons. The molecule has 1 aliphatic heterocycles. The maximum atomic E-state index is 13.6. The molecule has 0 bridgehead atoms. The number of benzene rings is 3. The van der Waals surface area contributed by atoms with Crippen LogP contribution < -0.4 is 10.5 Å². The third-order valence-electron chi connectivity index (χ3n) is 6.95. The standard InChI is InChI=1S/C28H25N5O3/c34-27-23-9-5-4-8-22(23)26(28(35)36)25(33(27)20-6-2-1-3-7-20)18-31-12-14-32(15-13-31)21-10-11-24-19(16-21)17-29-30-24/h1-11,16-17H,12-15,18H2,(H,29,30)(H,35,36). The van der Waals surface area contributed by atoms with Gasteiger partial charge in [-0.25, -0.2) is 4.79 Å². The molecular weight excluding hydrogens is 454 g/mol. The predicted molar refractivity (Wildman–Crippen MR) is 140 cm³/mol. The van der Waals surface area contributed by atoms with Crippen LogP contribution in [0.3, 0.4) is 0 Å². The van der Waals surface area contributed by atoms with Crippen LogP contribution in [0.15, 0.2) is 83.8 Å². The number of nitrogens with zero attached hydrogens (tertiary/aromatic N) is 4. The van der Waals surface area contributed by atoms with Crippen LogP contribution in [0.25, 0.3) is 27.4 Å². The summed E-state index contributed by atoms with van der Waals surface area (Å²) in [4.78, 5) is 30.7. The minimum atomic E-state index is -1.03. The molecule has 2 N–H and O–H groups in total. The minimum Gasteiger partial charge on any atom is -0.478 e. The Balaban J connectivity index is 1.36. The number of anilines is 1. The number of pyridine rings is 1. The second-order valence-electron chi connectivity index (χ2n) is 9.05. The minimum absolute atomic E-state index is 0.182. The molecule has 1 aliphatic rings. The molecule has 0 unspecified atom stereocenters. The number of piperazine rings is 1. The van der Waals surface area contributed by atoms with E-state index in [4.69, 9.17) is 0 Å². The molecule has 2 aromatic heterocycles. The molecule has 0 atom stereocenters. The van der Waals surface area contributed by atoms with Crippen LogP contribution in [-0.4, -0.2) is 56.9 Å². The van der Waals surface area contributed by atoms with Crippen molar-refractivity contribution in [2.75, 3.05) is 31.1 Å². The summed E-state index contributed by atoms with van der Waals surface area (Å²) in [5.74, 6) is -1.03. The Bertz CT molecular complexity index is 1630. The number of para-hydroxylation sites is 1. The molecule has 8 nitrogen and oxygen atoms in total. The zero-order valence-electron chi connectivity index (χ0n) is 19.6. The zero-order chi connectivity index (χ0) is 24.6. The van der Waals surface area contributed by atoms with E-state index in [9.17, 15) is 14.7 Å². The summed E-state index contributed by atoms with van der Waals surface area (Å²) < 4.78 is 1.57. The summed E-state index contributed by atoms with van der Waals surface area (Å²) in [6.07, 6.45) is 1.82. The molecule has 5 aromatic rings. The number of hydrogen-bond acceptors (Lipinski definition) is 5. The molecule has 6 rings (SSSR count). The summed E-state index contributed by atoms with van der Waals surface area (Å²) in [6.45, 7) is 3.46. The van der Waals surface area contributed by atoms with Gasteiger partial charge < -0.3 is 10.0 Å². The van der Waals surface area contributed by atoms with Gasteiger partial charge in [0, 0.05) is 60.3 Å². The number of aromatic nitrogens is 3. The van der Waals surface area contributed by atoms with Gasteiger partial charge in [0.15, 0.2) is 0 Å². The van der Waals surface area contributed by atoms with Crippen molar-refractivity contribution in [3.63, 3.8) is 0 Å². The number of hydrogen-bond donors (Lipinski definition) is 2. The maximum absolute atomic E-state index is 13.6. The van der Waals surface area contributed by atoms with Gasteiger partial charge in [0.1, 0.15) is 0 Å². The van der Waals surface area contributed by atoms with E-state index in [1.54, 1.807) is 28.8 Å². The summed E-state index contributed by atoms with van der Waals surface area (Å²) in [7, 11) is 0. The number of fused-ring (bicyclic) bond motifs is 2. The number of aromatic amines is 1. The van der Waals surface area contributed by atoms with Crippen molar-refractivity contribution in [2.24, 2.45) is 0 Å². The van der Waals surface area contributed by atoms with E-state index in [1.165, 1.54) is 0 Å². The normalized spacial score (nSPS) is 14.5. The van der Waals surface area contributed by atoms with Gasteiger partial charge in [-0.15, -0.1) is 0 Å². The van der Waals surface area contributed by atoms with Crippen LogP contribution in [0.2, 0.25) is 0 Å². The number of aromatic carboxylic acids is 1. The highest BCUT2D eigenvalue weighted by Crippen LogP contribution is 2.26. The highest BCUT2D eigenvalue weighted by molar-refractivity contribution is 6.04. The van der Waals surface area contributed by atoms with Crippen LogP contribution >= 0.6 is 0 Å². The van der Waals surface area contributed by atoms with E-state index in [-0.39, 0.29) is 11.1 Å². The Morgan fingerprint density at radius 2 is 1.61 bits per heavy atom. The van der Waals surface area contributed by atoms with Crippen molar-refractivity contribution in [3.05, 3.63) is 101 Å². The van der Waals surface area contributed by atoms with E-state index in [0.29, 0.717) is 28.7 Å². The molecule has 1 fully saturated rings. The van der Waals surface area contributed by atoms with Crippen LogP contribution in [0.1, 0.15) is 16.1 Å². The number of H-pyrrole nitrogens is 1. The third kappa shape index (κ3) is 3.81. The molecule has 0 spiro atoms. The lowest BCUT2D eigenvalue weighted by Gasteiger charge is -2.36. The number of carboxylic acids is 1. The molecule has 0 radical (unpaired) electrons. The van der Waals surface area contributed by atoms with Crippen molar-refractivity contribution >= 4 is 33.3 Å². The fourth-order valence-electron chi connectivity index (χ4n) is 5.14. The Labute approximate surface area is 207 Å².